The fourth-order valence-electron chi connectivity index (χ4n) is 1.83. The van der Waals surface area contributed by atoms with Crippen LogP contribution in [0.5, 0.6) is 0 Å². The van der Waals surface area contributed by atoms with Gasteiger partial charge in [0.15, 0.2) is 0 Å². The van der Waals surface area contributed by atoms with Crippen molar-refractivity contribution in [3.8, 4) is 11.1 Å². The van der Waals surface area contributed by atoms with E-state index in [-0.39, 0.29) is 0 Å². The highest BCUT2D eigenvalue weighted by atomic mass is 35.5. The zero-order valence-corrected chi connectivity index (χ0v) is 11.0. The van der Waals surface area contributed by atoms with Crippen LogP contribution >= 0.6 is 22.9 Å². The molecule has 1 aromatic carbocycles. The predicted molar refractivity (Wildman–Crippen MR) is 72.3 cm³/mol. The molecule has 0 aliphatic rings. The Balaban J connectivity index is 2.51. The van der Waals surface area contributed by atoms with E-state index in [9.17, 15) is 0 Å². The molecule has 0 radical (unpaired) electrons. The van der Waals surface area contributed by atoms with Crippen LogP contribution in [0, 0.1) is 6.92 Å². The molecule has 0 spiro atoms. The van der Waals surface area contributed by atoms with Gasteiger partial charge in [-0.05, 0) is 54.2 Å². The van der Waals surface area contributed by atoms with Gasteiger partial charge in [0.1, 0.15) is 0 Å². The van der Waals surface area contributed by atoms with E-state index in [1.807, 2.05) is 19.2 Å². The minimum atomic E-state index is 0.793. The molecule has 1 heterocycles. The highest BCUT2D eigenvalue weighted by molar-refractivity contribution is 7.10. The average molecular weight is 252 g/mol. The summed E-state index contributed by atoms with van der Waals surface area (Å²) in [7, 11) is 1.95. The molecule has 1 aromatic heterocycles. The van der Waals surface area contributed by atoms with E-state index in [4.69, 9.17) is 11.6 Å². The van der Waals surface area contributed by atoms with Crippen molar-refractivity contribution in [3.63, 3.8) is 0 Å². The molecule has 84 valence electrons. The summed E-state index contributed by atoms with van der Waals surface area (Å²) in [4.78, 5) is 1.35. The molecule has 0 fully saturated rings. The number of benzene rings is 1. The first-order chi connectivity index (χ1) is 7.72. The molecule has 3 heteroatoms. The van der Waals surface area contributed by atoms with Crippen LogP contribution in [0.15, 0.2) is 29.6 Å². The van der Waals surface area contributed by atoms with Gasteiger partial charge in [0.25, 0.3) is 0 Å². The van der Waals surface area contributed by atoms with Gasteiger partial charge in [-0.25, -0.2) is 0 Å². The first-order valence-electron chi connectivity index (χ1n) is 5.20. The van der Waals surface area contributed by atoms with Crippen LogP contribution in [-0.4, -0.2) is 7.05 Å². The van der Waals surface area contributed by atoms with Gasteiger partial charge in [-0.2, -0.15) is 0 Å². The van der Waals surface area contributed by atoms with Gasteiger partial charge in [-0.3, -0.25) is 0 Å². The van der Waals surface area contributed by atoms with Crippen molar-refractivity contribution in [1.82, 2.24) is 5.32 Å². The summed E-state index contributed by atoms with van der Waals surface area (Å²) < 4.78 is 0. The third-order valence-electron chi connectivity index (χ3n) is 2.58. The number of hydrogen-bond donors (Lipinski definition) is 1. The molecule has 0 bridgehead atoms. The van der Waals surface area contributed by atoms with E-state index in [1.54, 1.807) is 11.3 Å². The third-order valence-corrected chi connectivity index (χ3v) is 3.66. The molecule has 1 nitrogen and oxygen atoms in total. The van der Waals surface area contributed by atoms with E-state index in [2.05, 4.69) is 29.8 Å². The van der Waals surface area contributed by atoms with Gasteiger partial charge in [-0.1, -0.05) is 17.7 Å². The largest absolute Gasteiger partial charge is 0.316 e. The molecule has 16 heavy (non-hydrogen) atoms. The van der Waals surface area contributed by atoms with E-state index in [1.165, 1.54) is 21.6 Å². The Bertz CT molecular complexity index is 490. The molecule has 2 aromatic rings. The summed E-state index contributed by atoms with van der Waals surface area (Å²) in [6, 6.07) is 8.25. The number of nitrogens with one attached hydrogen (secondary N) is 1. The smallest absolute Gasteiger partial charge is 0.0409 e. The van der Waals surface area contributed by atoms with Crippen molar-refractivity contribution in [2.24, 2.45) is 0 Å². The van der Waals surface area contributed by atoms with Crippen LogP contribution in [0.25, 0.3) is 11.1 Å². The van der Waals surface area contributed by atoms with Crippen molar-refractivity contribution in [1.29, 1.82) is 0 Å². The Morgan fingerprint density at radius 1 is 1.25 bits per heavy atom. The minimum absolute atomic E-state index is 0.793. The number of thiophene rings is 1. The van der Waals surface area contributed by atoms with E-state index < -0.39 is 0 Å². The fraction of sp³-hybridized carbons (Fsp3) is 0.231. The van der Waals surface area contributed by atoms with Crippen LogP contribution in [0.3, 0.4) is 0 Å². The Hall–Kier alpha value is -0.830. The molecular weight excluding hydrogens is 238 g/mol. The van der Waals surface area contributed by atoms with E-state index in [0.29, 0.717) is 0 Å². The molecule has 0 aliphatic heterocycles. The fourth-order valence-corrected chi connectivity index (χ4v) is 2.73. The van der Waals surface area contributed by atoms with Gasteiger partial charge in [0, 0.05) is 16.4 Å². The zero-order valence-electron chi connectivity index (χ0n) is 9.38. The Kier molecular flexibility index (Phi) is 3.64. The third kappa shape index (κ3) is 2.29. The summed E-state index contributed by atoms with van der Waals surface area (Å²) in [6.45, 7) is 2.99. The van der Waals surface area contributed by atoms with Crippen LogP contribution in [0.4, 0.5) is 0 Å². The molecule has 1 N–H and O–H groups in total. The van der Waals surface area contributed by atoms with Gasteiger partial charge >= 0.3 is 0 Å². The molecule has 0 aliphatic carbocycles. The van der Waals surface area contributed by atoms with Gasteiger partial charge in [0.05, 0.1) is 0 Å². The quantitative estimate of drug-likeness (QED) is 0.866. The standard InChI is InChI=1S/C13H14ClNS/c1-9-12(5-6-16-9)13-4-3-11(14)7-10(13)8-15-2/h3-7,15H,8H2,1-2H3. The monoisotopic (exact) mass is 251 g/mol. The molecule has 0 atom stereocenters. The highest BCUT2D eigenvalue weighted by Gasteiger charge is 2.08. The summed E-state index contributed by atoms with van der Waals surface area (Å²) in [5, 5.41) is 6.10. The molecule has 0 saturated heterocycles. The minimum Gasteiger partial charge on any atom is -0.316 e. The van der Waals surface area contributed by atoms with E-state index >= 15 is 0 Å². The summed E-state index contributed by atoms with van der Waals surface area (Å²) in [5.41, 5.74) is 3.83. The van der Waals surface area contributed by atoms with Gasteiger partial charge < -0.3 is 5.32 Å². The van der Waals surface area contributed by atoms with Crippen molar-refractivity contribution in [2.45, 2.75) is 13.5 Å². The second-order valence-corrected chi connectivity index (χ2v) is 5.28. The Morgan fingerprint density at radius 2 is 2.06 bits per heavy atom. The van der Waals surface area contributed by atoms with Crippen LogP contribution in [0.2, 0.25) is 5.02 Å². The van der Waals surface area contributed by atoms with Crippen molar-refractivity contribution < 1.29 is 0 Å². The van der Waals surface area contributed by atoms with Crippen LogP contribution in [0.1, 0.15) is 10.4 Å². The summed E-state index contributed by atoms with van der Waals surface area (Å²) in [6.07, 6.45) is 0. The average Bonchev–Trinajstić information content (AvgIpc) is 2.65. The van der Waals surface area contributed by atoms with Crippen molar-refractivity contribution in [3.05, 3.63) is 45.1 Å². The van der Waals surface area contributed by atoms with Gasteiger partial charge in [-0.15, -0.1) is 11.3 Å². The van der Waals surface area contributed by atoms with Crippen molar-refractivity contribution in [2.75, 3.05) is 7.05 Å². The lowest BCUT2D eigenvalue weighted by molar-refractivity contribution is 0.819. The summed E-state index contributed by atoms with van der Waals surface area (Å²) >= 11 is 7.81. The van der Waals surface area contributed by atoms with Gasteiger partial charge in [0.2, 0.25) is 0 Å². The molecule has 0 unspecified atom stereocenters. The molecular formula is C13H14ClNS. The lowest BCUT2D eigenvalue weighted by atomic mass is 10.0. The highest BCUT2D eigenvalue weighted by Crippen LogP contribution is 2.31. The number of rotatable bonds is 3. The SMILES string of the molecule is CNCc1cc(Cl)ccc1-c1ccsc1C. The molecule has 0 saturated carbocycles. The number of hydrogen-bond acceptors (Lipinski definition) is 2. The Labute approximate surface area is 105 Å². The maximum Gasteiger partial charge on any atom is 0.0409 e. The number of aryl methyl sites for hydroxylation is 1. The lowest BCUT2D eigenvalue weighted by Gasteiger charge is -2.09. The maximum absolute atomic E-state index is 6.03. The Morgan fingerprint density at radius 3 is 2.69 bits per heavy atom. The first kappa shape index (κ1) is 11.6. The zero-order chi connectivity index (χ0) is 11.5. The molecule has 2 rings (SSSR count). The second kappa shape index (κ2) is 5.00. The lowest BCUT2D eigenvalue weighted by Crippen LogP contribution is -2.06. The second-order valence-electron chi connectivity index (χ2n) is 3.72. The number of halogens is 1. The van der Waals surface area contributed by atoms with Crippen molar-refractivity contribution >= 4 is 22.9 Å². The molecule has 0 amide bonds. The van der Waals surface area contributed by atoms with Crippen LogP contribution in [-0.2, 0) is 6.54 Å². The first-order valence-corrected chi connectivity index (χ1v) is 6.45. The maximum atomic E-state index is 6.03. The normalized spacial score (nSPS) is 10.7. The topological polar surface area (TPSA) is 12.0 Å². The summed E-state index contributed by atoms with van der Waals surface area (Å²) in [5.74, 6) is 0. The predicted octanol–water partition coefficient (Wildman–Crippen LogP) is 4.10. The van der Waals surface area contributed by atoms with E-state index in [0.717, 1.165) is 11.6 Å². The van der Waals surface area contributed by atoms with Crippen LogP contribution < -0.4 is 5.32 Å².